The molecule has 3 heterocycles. The second-order valence-electron chi connectivity index (χ2n) is 9.12. The average Bonchev–Trinajstić information content (AvgIpc) is 3.30. The van der Waals surface area contributed by atoms with Crippen LogP contribution in [0.4, 0.5) is 11.5 Å². The van der Waals surface area contributed by atoms with Gasteiger partial charge in [-0.15, -0.1) is 0 Å². The van der Waals surface area contributed by atoms with Crippen LogP contribution in [0.2, 0.25) is 0 Å². The van der Waals surface area contributed by atoms with Crippen LogP contribution in [0, 0.1) is 12.3 Å². The van der Waals surface area contributed by atoms with Crippen LogP contribution in [0.5, 0.6) is 0 Å². The van der Waals surface area contributed by atoms with Crippen LogP contribution < -0.4 is 11.1 Å². The number of carbonyl (C=O) groups is 2. The second kappa shape index (κ2) is 8.45. The molecule has 1 aromatic carbocycles. The first-order chi connectivity index (χ1) is 15.2. The fraction of sp³-hybridized carbons (Fsp3) is 0.333. The smallest absolute Gasteiger partial charge is 0.313 e. The first kappa shape index (κ1) is 21.5. The van der Waals surface area contributed by atoms with E-state index in [-0.39, 0.29) is 11.5 Å². The molecule has 3 aromatic rings. The van der Waals surface area contributed by atoms with Gasteiger partial charge in [0.15, 0.2) is 0 Å². The van der Waals surface area contributed by atoms with Crippen molar-refractivity contribution >= 4 is 23.3 Å². The molecule has 1 fully saturated rings. The lowest BCUT2D eigenvalue weighted by Gasteiger charge is -2.43. The summed E-state index contributed by atoms with van der Waals surface area (Å²) < 4.78 is 0. The van der Waals surface area contributed by atoms with Crippen molar-refractivity contribution < 1.29 is 9.59 Å². The van der Waals surface area contributed by atoms with E-state index in [4.69, 9.17) is 5.73 Å². The first-order valence-electron chi connectivity index (χ1n) is 10.7. The summed E-state index contributed by atoms with van der Waals surface area (Å²) in [4.78, 5) is 31.8. The van der Waals surface area contributed by atoms with E-state index < -0.39 is 11.8 Å². The fourth-order valence-corrected chi connectivity index (χ4v) is 4.16. The zero-order valence-electron chi connectivity index (χ0n) is 18.6. The van der Waals surface area contributed by atoms with Gasteiger partial charge in [-0.2, -0.15) is 5.10 Å². The summed E-state index contributed by atoms with van der Waals surface area (Å²) in [6.07, 6.45) is 4.92. The van der Waals surface area contributed by atoms with Crippen LogP contribution in [-0.2, 0) is 9.59 Å². The molecule has 4 N–H and O–H groups in total. The maximum Gasteiger partial charge on any atom is 0.313 e. The van der Waals surface area contributed by atoms with Gasteiger partial charge in [-0.1, -0.05) is 38.1 Å². The molecule has 2 aromatic heterocycles. The number of aryl methyl sites for hydroxylation is 1. The van der Waals surface area contributed by atoms with E-state index in [1.54, 1.807) is 24.1 Å². The molecule has 0 saturated carbocycles. The number of nitrogens with zero attached hydrogens (tertiary/aromatic N) is 3. The molecule has 0 spiro atoms. The first-order valence-corrected chi connectivity index (χ1v) is 10.7. The van der Waals surface area contributed by atoms with E-state index >= 15 is 0 Å². The van der Waals surface area contributed by atoms with Gasteiger partial charge in [-0.3, -0.25) is 14.7 Å². The lowest BCUT2D eigenvalue weighted by atomic mass is 9.79. The number of H-pyrrole nitrogens is 1. The summed E-state index contributed by atoms with van der Waals surface area (Å²) >= 11 is 0. The predicted molar refractivity (Wildman–Crippen MR) is 124 cm³/mol. The number of nitrogens with one attached hydrogen (secondary N) is 2. The normalized spacial score (nSPS) is 17.7. The van der Waals surface area contributed by atoms with E-state index in [2.05, 4.69) is 34.3 Å². The van der Waals surface area contributed by atoms with Crippen molar-refractivity contribution in [3.63, 3.8) is 0 Å². The number of nitrogen functional groups attached to an aromatic ring is 1. The Hall–Kier alpha value is -3.68. The van der Waals surface area contributed by atoms with E-state index in [9.17, 15) is 9.59 Å². The van der Waals surface area contributed by atoms with Crippen LogP contribution in [0.1, 0.15) is 43.9 Å². The minimum absolute atomic E-state index is 0.0678. The number of hydrogen-bond acceptors (Lipinski definition) is 5. The van der Waals surface area contributed by atoms with Crippen LogP contribution in [0.3, 0.4) is 0 Å². The summed E-state index contributed by atoms with van der Waals surface area (Å²) in [6.45, 7) is 6.55. The number of amides is 2. The largest absolute Gasteiger partial charge is 0.383 e. The highest BCUT2D eigenvalue weighted by Crippen LogP contribution is 2.39. The minimum atomic E-state index is -0.673. The third-order valence-electron chi connectivity index (χ3n) is 6.01. The Bertz CT molecular complexity index is 1120. The molecule has 1 atom stereocenters. The maximum atomic E-state index is 13.2. The van der Waals surface area contributed by atoms with Crippen molar-refractivity contribution in [3.8, 4) is 11.3 Å². The molecular weight excluding hydrogens is 404 g/mol. The van der Waals surface area contributed by atoms with Gasteiger partial charge in [-0.05, 0) is 54.0 Å². The molecule has 32 heavy (non-hydrogen) atoms. The maximum absolute atomic E-state index is 13.2. The van der Waals surface area contributed by atoms with Gasteiger partial charge >= 0.3 is 11.8 Å². The number of rotatable bonds is 3. The van der Waals surface area contributed by atoms with E-state index in [0.717, 1.165) is 35.2 Å². The van der Waals surface area contributed by atoms with Crippen molar-refractivity contribution in [1.82, 2.24) is 20.1 Å². The van der Waals surface area contributed by atoms with Gasteiger partial charge in [0, 0.05) is 12.7 Å². The highest BCUT2D eigenvalue weighted by atomic mass is 16.2. The molecule has 2 amide bonds. The van der Waals surface area contributed by atoms with Gasteiger partial charge in [0.2, 0.25) is 0 Å². The average molecular weight is 433 g/mol. The predicted octanol–water partition coefficient (Wildman–Crippen LogP) is 3.69. The molecule has 0 radical (unpaired) electrons. The molecule has 0 aliphatic carbocycles. The number of likely N-dealkylation sites (tertiary alicyclic amines) is 1. The summed E-state index contributed by atoms with van der Waals surface area (Å²) in [5.41, 5.74) is 9.83. The summed E-state index contributed by atoms with van der Waals surface area (Å²) in [6, 6.07) is 11.5. The van der Waals surface area contributed by atoms with Crippen molar-refractivity contribution in [1.29, 1.82) is 0 Å². The third kappa shape index (κ3) is 4.49. The fourth-order valence-electron chi connectivity index (χ4n) is 4.16. The molecule has 8 nitrogen and oxygen atoms in total. The molecule has 1 aliphatic rings. The Morgan fingerprint density at radius 1 is 1.22 bits per heavy atom. The molecule has 0 bridgehead atoms. The monoisotopic (exact) mass is 432 g/mol. The Balaban J connectivity index is 1.56. The molecule has 8 heteroatoms. The number of carbonyl (C=O) groups excluding carboxylic acids is 2. The van der Waals surface area contributed by atoms with Gasteiger partial charge in [-0.25, -0.2) is 4.98 Å². The van der Waals surface area contributed by atoms with Gasteiger partial charge in [0.1, 0.15) is 5.82 Å². The topological polar surface area (TPSA) is 117 Å². The number of benzene rings is 1. The van der Waals surface area contributed by atoms with Crippen molar-refractivity contribution in [2.24, 2.45) is 5.41 Å². The number of hydrogen-bond donors (Lipinski definition) is 3. The lowest BCUT2D eigenvalue weighted by Crippen LogP contribution is -2.49. The minimum Gasteiger partial charge on any atom is -0.383 e. The summed E-state index contributed by atoms with van der Waals surface area (Å²) in [5.74, 6) is -0.826. The van der Waals surface area contributed by atoms with E-state index in [1.165, 1.54) is 6.20 Å². The van der Waals surface area contributed by atoms with Crippen LogP contribution in [-0.4, -0.2) is 38.4 Å². The quantitative estimate of drug-likeness (QED) is 0.546. The van der Waals surface area contributed by atoms with Crippen LogP contribution in [0.15, 0.2) is 48.8 Å². The van der Waals surface area contributed by atoms with Crippen molar-refractivity contribution in [2.45, 2.75) is 39.7 Å². The molecule has 0 unspecified atom stereocenters. The van der Waals surface area contributed by atoms with Crippen molar-refractivity contribution in [3.05, 3.63) is 59.9 Å². The Kier molecular flexibility index (Phi) is 5.69. The number of aromatic nitrogens is 3. The highest BCUT2D eigenvalue weighted by molar-refractivity contribution is 6.39. The van der Waals surface area contributed by atoms with Crippen molar-refractivity contribution in [2.75, 3.05) is 17.6 Å². The van der Waals surface area contributed by atoms with Crippen LogP contribution >= 0.6 is 0 Å². The molecule has 166 valence electrons. The third-order valence-corrected chi connectivity index (χ3v) is 6.01. The number of piperidine rings is 1. The number of pyridine rings is 1. The van der Waals surface area contributed by atoms with Crippen LogP contribution in [0.25, 0.3) is 11.3 Å². The number of aromatic amines is 1. The number of anilines is 2. The van der Waals surface area contributed by atoms with E-state index in [1.807, 2.05) is 30.3 Å². The molecule has 1 saturated heterocycles. The summed E-state index contributed by atoms with van der Waals surface area (Å²) in [5, 5.41) is 9.62. The SMILES string of the molecule is Cc1cc(NC(=O)C(=O)N2CC(C)(C)CC[C@H]2c2ccc(-c3ccn[nH]3)cc2)cnc1N. The zero-order valence-corrected chi connectivity index (χ0v) is 18.6. The van der Waals surface area contributed by atoms with E-state index in [0.29, 0.717) is 18.1 Å². The van der Waals surface area contributed by atoms with Gasteiger partial charge < -0.3 is 16.0 Å². The zero-order chi connectivity index (χ0) is 22.9. The Labute approximate surface area is 187 Å². The van der Waals surface area contributed by atoms with Gasteiger partial charge in [0.05, 0.1) is 23.6 Å². The summed E-state index contributed by atoms with van der Waals surface area (Å²) in [7, 11) is 0. The second-order valence-corrected chi connectivity index (χ2v) is 9.12. The molecule has 4 rings (SSSR count). The number of nitrogens with two attached hydrogens (primary N) is 1. The highest BCUT2D eigenvalue weighted by Gasteiger charge is 2.38. The van der Waals surface area contributed by atoms with Gasteiger partial charge in [0.25, 0.3) is 0 Å². The molecule has 1 aliphatic heterocycles. The molecular formula is C24H28N6O2. The standard InChI is InChI=1S/C24H28N6O2/c1-15-12-18(13-26-21(15)25)28-22(31)23(32)30-14-24(2,3)10-8-20(30)17-6-4-16(5-7-17)19-9-11-27-29-19/h4-7,9,11-13,20H,8,10,14H2,1-3H3,(H2,25,26)(H,27,29)(H,28,31)/t20-/m0/s1. The Morgan fingerprint density at radius 2 is 1.97 bits per heavy atom. The lowest BCUT2D eigenvalue weighted by molar-refractivity contribution is -0.147. The Morgan fingerprint density at radius 3 is 2.62 bits per heavy atom.